The molecular formula is C32H47N11O6. The number of hydrazine groups is 1. The van der Waals surface area contributed by atoms with E-state index in [4.69, 9.17) is 14.7 Å². The Balaban J connectivity index is 0.000000477. The summed E-state index contributed by atoms with van der Waals surface area (Å²) in [6.45, 7) is 13.3. The Morgan fingerprint density at radius 1 is 0.776 bits per heavy atom. The summed E-state index contributed by atoms with van der Waals surface area (Å²) in [6.07, 6.45) is 3.56. The van der Waals surface area contributed by atoms with Crippen LogP contribution in [0, 0.1) is 11.3 Å². The number of carbonyl (C=O) groups is 4. The van der Waals surface area contributed by atoms with Gasteiger partial charge >= 0.3 is 12.2 Å². The van der Waals surface area contributed by atoms with Crippen LogP contribution >= 0.6 is 0 Å². The highest BCUT2D eigenvalue weighted by molar-refractivity contribution is 6.01. The highest BCUT2D eigenvalue weighted by Crippen LogP contribution is 2.09. The lowest BCUT2D eigenvalue weighted by Gasteiger charge is -2.19. The number of nitrogens with two attached hydrogens (primary N) is 2. The molecule has 2 aromatic heterocycles. The number of aromatic nitrogens is 2. The van der Waals surface area contributed by atoms with Gasteiger partial charge in [-0.25, -0.2) is 14.6 Å². The van der Waals surface area contributed by atoms with Gasteiger partial charge in [0.1, 0.15) is 34.5 Å². The van der Waals surface area contributed by atoms with Crippen LogP contribution in [0.2, 0.25) is 0 Å². The SMILES string of the molecule is CC(C)(C)OC(=O)NCCCC(=O)c1ccc(C#N)nc1.CC1=NNC(c2ccc(C(=O)CCCNC(=O)OC(C)(C)C)cn2)=NN1.NN. The monoisotopic (exact) mass is 681 g/mol. The number of nitrogens with one attached hydrogen (secondary N) is 4. The van der Waals surface area contributed by atoms with Gasteiger partial charge in [0, 0.05) is 49.5 Å². The Hall–Kier alpha value is -5.47. The fourth-order valence-corrected chi connectivity index (χ4v) is 3.56. The molecule has 0 aromatic carbocycles. The van der Waals surface area contributed by atoms with Crippen LogP contribution in [-0.2, 0) is 9.47 Å². The average molecular weight is 682 g/mol. The molecule has 2 amide bonds. The van der Waals surface area contributed by atoms with E-state index in [1.807, 2.05) is 6.07 Å². The molecule has 1 aliphatic heterocycles. The number of hydrazone groups is 2. The topological polar surface area (TPSA) is 261 Å². The molecule has 0 fully saturated rings. The number of nitriles is 1. The third kappa shape index (κ3) is 17.9. The van der Waals surface area contributed by atoms with Crippen molar-refractivity contribution in [3.8, 4) is 6.07 Å². The fraction of sp³-hybridized carbons (Fsp3) is 0.469. The van der Waals surface area contributed by atoms with Crippen LogP contribution in [0.5, 0.6) is 0 Å². The van der Waals surface area contributed by atoms with Crippen molar-refractivity contribution in [3.63, 3.8) is 0 Å². The minimum Gasteiger partial charge on any atom is -0.444 e. The minimum absolute atomic E-state index is 0.0411. The number of alkyl carbamates (subject to hydrolysis) is 2. The summed E-state index contributed by atoms with van der Waals surface area (Å²) in [6, 6.07) is 8.38. The van der Waals surface area contributed by atoms with Crippen molar-refractivity contribution < 1.29 is 28.7 Å². The summed E-state index contributed by atoms with van der Waals surface area (Å²) in [4.78, 5) is 55.0. The highest BCUT2D eigenvalue weighted by atomic mass is 16.6. The molecule has 3 rings (SSSR count). The standard InChI is InChI=1S/C17H24N6O3.C15H19N3O3.H4N2/c1-11-20-22-15(23-21-11)13-8-7-12(10-19-13)14(24)6-5-9-18-16(25)26-17(2,3)4;1-15(2,3)21-14(20)17-8-4-5-13(19)11-6-7-12(9-16)18-10-11;1-2/h7-8,10H,5-6,9H2,1-4H3,(H,18,25)(H,20,21)(H,22,23);6-7,10H,4-5,8H2,1-3H3,(H,17,20);1-2H2. The summed E-state index contributed by atoms with van der Waals surface area (Å²) in [5.74, 6) is 9.02. The number of ether oxygens (including phenoxy) is 2. The number of carbonyl (C=O) groups excluding carboxylic acids is 4. The molecule has 17 heteroatoms. The van der Waals surface area contributed by atoms with Crippen molar-refractivity contribution >= 4 is 35.4 Å². The van der Waals surface area contributed by atoms with Crippen LogP contribution in [0.25, 0.3) is 0 Å². The molecular weight excluding hydrogens is 634 g/mol. The summed E-state index contributed by atoms with van der Waals surface area (Å²) in [5.41, 5.74) is 6.29. The van der Waals surface area contributed by atoms with Crippen LogP contribution in [0.4, 0.5) is 9.59 Å². The first-order valence-electron chi connectivity index (χ1n) is 15.4. The van der Waals surface area contributed by atoms with Gasteiger partial charge in [-0.1, -0.05) is 0 Å². The molecule has 8 N–H and O–H groups in total. The molecule has 2 aromatic rings. The van der Waals surface area contributed by atoms with Crippen molar-refractivity contribution in [2.45, 2.75) is 85.4 Å². The number of nitrogens with zero attached hydrogens (tertiary/aromatic N) is 5. The Bertz CT molecular complexity index is 1490. The average Bonchev–Trinajstić information content (AvgIpc) is 3.05. The van der Waals surface area contributed by atoms with E-state index in [0.29, 0.717) is 67.3 Å². The third-order valence-corrected chi connectivity index (χ3v) is 5.68. The minimum atomic E-state index is -0.537. The highest BCUT2D eigenvalue weighted by Gasteiger charge is 2.17. The predicted octanol–water partition coefficient (Wildman–Crippen LogP) is 3.02. The second-order valence-corrected chi connectivity index (χ2v) is 12.3. The zero-order valence-corrected chi connectivity index (χ0v) is 29.0. The van der Waals surface area contributed by atoms with E-state index in [1.165, 1.54) is 18.5 Å². The van der Waals surface area contributed by atoms with Gasteiger partial charge < -0.3 is 20.1 Å². The van der Waals surface area contributed by atoms with E-state index in [0.717, 1.165) is 0 Å². The van der Waals surface area contributed by atoms with E-state index in [-0.39, 0.29) is 17.3 Å². The number of amides is 2. The summed E-state index contributed by atoms with van der Waals surface area (Å²) in [7, 11) is 0. The lowest BCUT2D eigenvalue weighted by molar-refractivity contribution is 0.0515. The summed E-state index contributed by atoms with van der Waals surface area (Å²) in [5, 5.41) is 21.9. The lowest BCUT2D eigenvalue weighted by atomic mass is 10.1. The van der Waals surface area contributed by atoms with Crippen molar-refractivity contribution in [3.05, 3.63) is 59.2 Å². The molecule has 1 aliphatic rings. The molecule has 0 bridgehead atoms. The number of Topliss-reactive ketones (excluding diaryl/α,β-unsaturated/α-hetero) is 2. The van der Waals surface area contributed by atoms with Gasteiger partial charge in [-0.3, -0.25) is 37.1 Å². The maximum Gasteiger partial charge on any atom is 0.407 e. The molecule has 17 nitrogen and oxygen atoms in total. The molecule has 0 unspecified atom stereocenters. The van der Waals surface area contributed by atoms with Crippen LogP contribution in [0.1, 0.15) is 106 Å². The van der Waals surface area contributed by atoms with Gasteiger partial charge in [-0.15, -0.1) is 0 Å². The van der Waals surface area contributed by atoms with Crippen molar-refractivity contribution in [1.29, 1.82) is 5.26 Å². The largest absolute Gasteiger partial charge is 0.444 e. The maximum atomic E-state index is 12.2. The molecule has 0 atom stereocenters. The Morgan fingerprint density at radius 3 is 1.63 bits per heavy atom. The number of hydrogen-bond donors (Lipinski definition) is 6. The molecule has 0 saturated heterocycles. The molecule has 49 heavy (non-hydrogen) atoms. The van der Waals surface area contributed by atoms with Crippen LogP contribution in [0.3, 0.4) is 0 Å². The van der Waals surface area contributed by atoms with Gasteiger partial charge in [0.25, 0.3) is 0 Å². The number of ketones is 2. The Labute approximate surface area is 286 Å². The number of pyridine rings is 2. The second-order valence-electron chi connectivity index (χ2n) is 12.3. The normalized spacial score (nSPS) is 11.9. The zero-order valence-electron chi connectivity index (χ0n) is 29.0. The van der Waals surface area contributed by atoms with Crippen LogP contribution in [0.15, 0.2) is 46.9 Å². The van der Waals surface area contributed by atoms with E-state index >= 15 is 0 Å². The Kier molecular flexibility index (Phi) is 17.6. The molecule has 0 saturated carbocycles. The van der Waals surface area contributed by atoms with Crippen LogP contribution in [-0.4, -0.2) is 69.7 Å². The van der Waals surface area contributed by atoms with E-state index in [2.05, 4.69) is 53.3 Å². The van der Waals surface area contributed by atoms with Crippen LogP contribution < -0.4 is 33.2 Å². The first-order valence-corrected chi connectivity index (χ1v) is 15.4. The van der Waals surface area contributed by atoms with Crippen molar-refractivity contribution in [2.24, 2.45) is 21.9 Å². The number of amidine groups is 2. The molecule has 3 heterocycles. The van der Waals surface area contributed by atoms with Gasteiger partial charge in [0.05, 0.1) is 0 Å². The van der Waals surface area contributed by atoms with Crippen molar-refractivity contribution in [2.75, 3.05) is 13.1 Å². The molecule has 0 aliphatic carbocycles. The quantitative estimate of drug-likeness (QED) is 0.0863. The van der Waals surface area contributed by atoms with E-state index in [1.54, 1.807) is 66.7 Å². The summed E-state index contributed by atoms with van der Waals surface area (Å²) >= 11 is 0. The van der Waals surface area contributed by atoms with Gasteiger partial charge in [-0.2, -0.15) is 15.5 Å². The summed E-state index contributed by atoms with van der Waals surface area (Å²) < 4.78 is 10.2. The second kappa shape index (κ2) is 20.7. The molecule has 266 valence electrons. The molecule has 0 spiro atoms. The van der Waals surface area contributed by atoms with Gasteiger partial charge in [0.2, 0.25) is 0 Å². The zero-order chi connectivity index (χ0) is 37.0. The third-order valence-electron chi connectivity index (χ3n) is 5.68. The van der Waals surface area contributed by atoms with E-state index in [9.17, 15) is 19.2 Å². The van der Waals surface area contributed by atoms with Gasteiger partial charge in [-0.05, 0) is 85.6 Å². The predicted molar refractivity (Wildman–Crippen MR) is 183 cm³/mol. The Morgan fingerprint density at radius 2 is 1.27 bits per heavy atom. The maximum absolute atomic E-state index is 12.2. The van der Waals surface area contributed by atoms with E-state index < -0.39 is 23.4 Å². The van der Waals surface area contributed by atoms with Gasteiger partial charge in [0.15, 0.2) is 17.4 Å². The molecule has 0 radical (unpaired) electrons. The first kappa shape index (κ1) is 41.6. The number of rotatable bonds is 11. The first-order chi connectivity index (χ1) is 23.1. The smallest absolute Gasteiger partial charge is 0.407 e. The fourth-order valence-electron chi connectivity index (χ4n) is 3.56. The lowest BCUT2D eigenvalue weighted by Crippen LogP contribution is -2.33. The van der Waals surface area contributed by atoms with Crippen molar-refractivity contribution in [1.82, 2.24) is 31.5 Å². The number of hydrogen-bond acceptors (Lipinski definition) is 15.